The van der Waals surface area contributed by atoms with E-state index in [1.54, 1.807) is 12.4 Å². The average molecular weight is 222 g/mol. The average Bonchev–Trinajstić information content (AvgIpc) is 2.69. The van der Waals surface area contributed by atoms with Gasteiger partial charge in [-0.25, -0.2) is 0 Å². The molecule has 0 spiro atoms. The Morgan fingerprint density at radius 2 is 2.50 bits per heavy atom. The lowest BCUT2D eigenvalue weighted by Crippen LogP contribution is -2.51. The maximum absolute atomic E-state index is 12.0. The Labute approximate surface area is 94.8 Å². The maximum atomic E-state index is 12.0. The van der Waals surface area contributed by atoms with Crippen LogP contribution in [0.4, 0.5) is 5.69 Å². The van der Waals surface area contributed by atoms with Crippen molar-refractivity contribution < 1.29 is 4.79 Å². The molecule has 0 bridgehead atoms. The number of rotatable bonds is 2. The molecular weight excluding hydrogens is 204 g/mol. The SMILES string of the molecule is CC1(N)CCCCC1C(=O)Nc1cn[nH]c1. The minimum atomic E-state index is -0.383. The molecule has 0 saturated heterocycles. The third-order valence-electron chi connectivity index (χ3n) is 3.34. The van der Waals surface area contributed by atoms with Crippen LogP contribution in [-0.4, -0.2) is 21.6 Å². The monoisotopic (exact) mass is 222 g/mol. The Hall–Kier alpha value is -1.36. The van der Waals surface area contributed by atoms with Crippen molar-refractivity contribution in [1.29, 1.82) is 0 Å². The molecule has 2 atom stereocenters. The zero-order chi connectivity index (χ0) is 11.6. The fraction of sp³-hybridized carbons (Fsp3) is 0.636. The van der Waals surface area contributed by atoms with Gasteiger partial charge >= 0.3 is 0 Å². The van der Waals surface area contributed by atoms with E-state index >= 15 is 0 Å². The first-order valence-corrected chi connectivity index (χ1v) is 5.68. The molecule has 1 aromatic heterocycles. The van der Waals surface area contributed by atoms with E-state index < -0.39 is 0 Å². The lowest BCUT2D eigenvalue weighted by Gasteiger charge is -2.37. The van der Waals surface area contributed by atoms with Gasteiger partial charge in [-0.2, -0.15) is 5.10 Å². The summed E-state index contributed by atoms with van der Waals surface area (Å²) in [4.78, 5) is 12.0. The van der Waals surface area contributed by atoms with Gasteiger partial charge in [-0.15, -0.1) is 0 Å². The lowest BCUT2D eigenvalue weighted by molar-refractivity contribution is -0.122. The summed E-state index contributed by atoms with van der Waals surface area (Å²) in [6.45, 7) is 1.96. The molecule has 0 aromatic carbocycles. The third-order valence-corrected chi connectivity index (χ3v) is 3.34. The van der Waals surface area contributed by atoms with Crippen LogP contribution < -0.4 is 11.1 Å². The van der Waals surface area contributed by atoms with Crippen LogP contribution in [0.2, 0.25) is 0 Å². The van der Waals surface area contributed by atoms with Crippen LogP contribution in [-0.2, 0) is 4.79 Å². The molecule has 1 aliphatic carbocycles. The molecule has 4 N–H and O–H groups in total. The number of carbonyl (C=O) groups excluding carboxylic acids is 1. The fourth-order valence-electron chi connectivity index (χ4n) is 2.34. The molecule has 1 amide bonds. The van der Waals surface area contributed by atoms with Crippen molar-refractivity contribution in [3.63, 3.8) is 0 Å². The van der Waals surface area contributed by atoms with Crippen molar-refractivity contribution in [1.82, 2.24) is 10.2 Å². The molecule has 1 aliphatic rings. The third kappa shape index (κ3) is 2.24. The molecule has 1 saturated carbocycles. The molecule has 0 aliphatic heterocycles. The first-order chi connectivity index (χ1) is 7.59. The van der Waals surface area contributed by atoms with Crippen LogP contribution in [0.3, 0.4) is 0 Å². The Morgan fingerprint density at radius 1 is 1.69 bits per heavy atom. The largest absolute Gasteiger partial charge is 0.325 e. The van der Waals surface area contributed by atoms with Crippen LogP contribution in [0.25, 0.3) is 0 Å². The number of H-pyrrole nitrogens is 1. The maximum Gasteiger partial charge on any atom is 0.229 e. The van der Waals surface area contributed by atoms with Gasteiger partial charge in [-0.05, 0) is 19.8 Å². The minimum Gasteiger partial charge on any atom is -0.325 e. The number of nitrogens with zero attached hydrogens (tertiary/aromatic N) is 1. The smallest absolute Gasteiger partial charge is 0.229 e. The van der Waals surface area contributed by atoms with Gasteiger partial charge in [-0.1, -0.05) is 12.8 Å². The number of aromatic nitrogens is 2. The highest BCUT2D eigenvalue weighted by Crippen LogP contribution is 2.32. The molecule has 0 radical (unpaired) electrons. The predicted octanol–water partition coefficient (Wildman–Crippen LogP) is 1.26. The first-order valence-electron chi connectivity index (χ1n) is 5.68. The van der Waals surface area contributed by atoms with Gasteiger partial charge in [0.15, 0.2) is 0 Å². The van der Waals surface area contributed by atoms with E-state index in [-0.39, 0.29) is 17.4 Å². The standard InChI is InChI=1S/C11H18N4O/c1-11(12)5-3-2-4-9(11)10(16)15-8-6-13-14-7-8/h6-7,9H,2-5,12H2,1H3,(H,13,14)(H,15,16). The van der Waals surface area contributed by atoms with E-state index in [0.29, 0.717) is 5.69 Å². The second-order valence-electron chi connectivity index (χ2n) is 4.78. The Morgan fingerprint density at radius 3 is 3.12 bits per heavy atom. The highest BCUT2D eigenvalue weighted by Gasteiger charge is 2.37. The number of nitrogens with two attached hydrogens (primary N) is 1. The van der Waals surface area contributed by atoms with Crippen LogP contribution >= 0.6 is 0 Å². The first kappa shape index (κ1) is 11.1. The number of hydrogen-bond acceptors (Lipinski definition) is 3. The topological polar surface area (TPSA) is 83.8 Å². The van der Waals surface area contributed by atoms with E-state index in [1.807, 2.05) is 6.92 Å². The van der Waals surface area contributed by atoms with Crippen molar-refractivity contribution in [3.8, 4) is 0 Å². The van der Waals surface area contributed by atoms with Crippen LogP contribution in [0.1, 0.15) is 32.6 Å². The zero-order valence-electron chi connectivity index (χ0n) is 9.49. The quantitative estimate of drug-likeness (QED) is 0.704. The number of hydrogen-bond donors (Lipinski definition) is 3. The van der Waals surface area contributed by atoms with E-state index in [0.717, 1.165) is 25.7 Å². The molecule has 88 valence electrons. The molecule has 16 heavy (non-hydrogen) atoms. The molecule has 1 fully saturated rings. The fourth-order valence-corrected chi connectivity index (χ4v) is 2.34. The van der Waals surface area contributed by atoms with Crippen molar-refractivity contribution >= 4 is 11.6 Å². The predicted molar refractivity (Wildman–Crippen MR) is 61.8 cm³/mol. The zero-order valence-corrected chi connectivity index (χ0v) is 9.49. The lowest BCUT2D eigenvalue weighted by atomic mass is 9.74. The highest BCUT2D eigenvalue weighted by molar-refractivity contribution is 5.93. The summed E-state index contributed by atoms with van der Waals surface area (Å²) in [6.07, 6.45) is 7.23. The van der Waals surface area contributed by atoms with Gasteiger partial charge in [-0.3, -0.25) is 9.89 Å². The number of nitrogens with one attached hydrogen (secondary N) is 2. The summed E-state index contributed by atoms with van der Waals surface area (Å²) < 4.78 is 0. The molecule has 2 unspecified atom stereocenters. The minimum absolute atomic E-state index is 0.00565. The van der Waals surface area contributed by atoms with Crippen molar-refractivity contribution in [2.24, 2.45) is 11.7 Å². The Kier molecular flexibility index (Phi) is 2.96. The van der Waals surface area contributed by atoms with E-state index in [4.69, 9.17) is 5.73 Å². The van der Waals surface area contributed by atoms with Gasteiger partial charge < -0.3 is 11.1 Å². The summed E-state index contributed by atoms with van der Waals surface area (Å²) in [6, 6.07) is 0. The van der Waals surface area contributed by atoms with Gasteiger partial charge in [0.25, 0.3) is 0 Å². The summed E-state index contributed by atoms with van der Waals surface area (Å²) in [5, 5.41) is 9.28. The van der Waals surface area contributed by atoms with E-state index in [1.165, 1.54) is 0 Å². The number of anilines is 1. The molecule has 1 aromatic rings. The van der Waals surface area contributed by atoms with Gasteiger partial charge in [0.1, 0.15) is 0 Å². The van der Waals surface area contributed by atoms with Crippen LogP contribution in [0.5, 0.6) is 0 Å². The summed E-state index contributed by atoms with van der Waals surface area (Å²) in [5.74, 6) is -0.0951. The van der Waals surface area contributed by atoms with Crippen LogP contribution in [0, 0.1) is 5.92 Å². The van der Waals surface area contributed by atoms with Crippen molar-refractivity contribution in [2.45, 2.75) is 38.1 Å². The molecule has 5 heteroatoms. The van der Waals surface area contributed by atoms with E-state index in [2.05, 4.69) is 15.5 Å². The summed E-state index contributed by atoms with van der Waals surface area (Å²) >= 11 is 0. The van der Waals surface area contributed by atoms with Gasteiger partial charge in [0.2, 0.25) is 5.91 Å². The van der Waals surface area contributed by atoms with E-state index in [9.17, 15) is 4.79 Å². The molecule has 2 rings (SSSR count). The van der Waals surface area contributed by atoms with Crippen LogP contribution in [0.15, 0.2) is 12.4 Å². The second kappa shape index (κ2) is 4.25. The number of carbonyl (C=O) groups is 1. The number of amides is 1. The van der Waals surface area contributed by atoms with Gasteiger partial charge in [0.05, 0.1) is 17.8 Å². The molecule has 1 heterocycles. The summed E-state index contributed by atoms with van der Waals surface area (Å²) in [7, 11) is 0. The Balaban J connectivity index is 2.03. The number of aromatic amines is 1. The molecule has 5 nitrogen and oxygen atoms in total. The van der Waals surface area contributed by atoms with Crippen molar-refractivity contribution in [3.05, 3.63) is 12.4 Å². The summed E-state index contributed by atoms with van der Waals surface area (Å²) in [5.41, 5.74) is 6.49. The van der Waals surface area contributed by atoms with Crippen molar-refractivity contribution in [2.75, 3.05) is 5.32 Å². The highest BCUT2D eigenvalue weighted by atomic mass is 16.2. The normalized spacial score (nSPS) is 30.0. The van der Waals surface area contributed by atoms with Gasteiger partial charge in [0, 0.05) is 11.7 Å². The molecular formula is C11H18N4O. The Bertz CT molecular complexity index is 358. The second-order valence-corrected chi connectivity index (χ2v) is 4.78.